The first-order chi connectivity index (χ1) is 8.96. The van der Waals surface area contributed by atoms with Crippen molar-refractivity contribution in [3.8, 4) is 0 Å². The van der Waals surface area contributed by atoms with Crippen molar-refractivity contribution in [3.63, 3.8) is 0 Å². The molecule has 0 aromatic heterocycles. The Morgan fingerprint density at radius 3 is 2.32 bits per heavy atom. The summed E-state index contributed by atoms with van der Waals surface area (Å²) in [5, 5.41) is 14.2. The van der Waals surface area contributed by atoms with Gasteiger partial charge in [0.25, 0.3) is 0 Å². The number of hydrogen-bond acceptors (Lipinski definition) is 2. The van der Waals surface area contributed by atoms with Crippen LogP contribution in [0.25, 0.3) is 0 Å². The molecule has 0 aromatic rings. The van der Waals surface area contributed by atoms with E-state index in [1.54, 1.807) is 0 Å². The number of unbranched alkanes of at least 4 members (excludes halogenated alkanes) is 3. The molecule has 19 heavy (non-hydrogen) atoms. The van der Waals surface area contributed by atoms with Gasteiger partial charge in [-0.25, -0.2) is 9.59 Å². The molecule has 0 aromatic carbocycles. The Labute approximate surface area is 115 Å². The van der Waals surface area contributed by atoms with Gasteiger partial charge >= 0.3 is 12.0 Å². The number of rotatable bonds is 9. The monoisotopic (exact) mass is 270 g/mol. The van der Waals surface area contributed by atoms with Crippen LogP contribution >= 0.6 is 0 Å². The van der Waals surface area contributed by atoms with Crippen LogP contribution in [-0.4, -0.2) is 29.2 Å². The SMILES string of the molecule is CC(C)CCCCCCNC(=O)NC1(C(=O)O)CC1. The first-order valence-corrected chi connectivity index (χ1v) is 7.26. The number of amides is 2. The molecule has 0 atom stereocenters. The van der Waals surface area contributed by atoms with Gasteiger partial charge in [-0.05, 0) is 25.2 Å². The molecule has 1 aliphatic carbocycles. The van der Waals surface area contributed by atoms with E-state index >= 15 is 0 Å². The molecule has 1 fully saturated rings. The molecule has 0 heterocycles. The molecule has 5 heteroatoms. The smallest absolute Gasteiger partial charge is 0.329 e. The van der Waals surface area contributed by atoms with Gasteiger partial charge in [0, 0.05) is 6.54 Å². The fraction of sp³-hybridized carbons (Fsp3) is 0.857. The highest BCUT2D eigenvalue weighted by molar-refractivity contribution is 5.88. The Balaban J connectivity index is 1.98. The van der Waals surface area contributed by atoms with E-state index in [1.165, 1.54) is 19.3 Å². The molecule has 2 amide bonds. The summed E-state index contributed by atoms with van der Waals surface area (Å²) in [6.45, 7) is 5.06. The van der Waals surface area contributed by atoms with E-state index in [0.29, 0.717) is 19.4 Å². The van der Waals surface area contributed by atoms with Gasteiger partial charge in [0.05, 0.1) is 0 Å². The molecule has 1 saturated carbocycles. The summed E-state index contributed by atoms with van der Waals surface area (Å²) in [7, 11) is 0. The van der Waals surface area contributed by atoms with Crippen LogP contribution in [0.1, 0.15) is 58.8 Å². The first kappa shape index (κ1) is 15.8. The lowest BCUT2D eigenvalue weighted by atomic mass is 10.0. The maximum absolute atomic E-state index is 11.5. The summed E-state index contributed by atoms with van der Waals surface area (Å²) < 4.78 is 0. The predicted molar refractivity (Wildman–Crippen MR) is 74.1 cm³/mol. The molecule has 5 nitrogen and oxygen atoms in total. The summed E-state index contributed by atoms with van der Waals surface area (Å²) in [4.78, 5) is 22.4. The van der Waals surface area contributed by atoms with Crippen molar-refractivity contribution in [3.05, 3.63) is 0 Å². The second kappa shape index (κ2) is 7.36. The predicted octanol–water partition coefficient (Wildman–Crippen LogP) is 2.51. The molecule has 0 aliphatic heterocycles. The Hall–Kier alpha value is -1.26. The van der Waals surface area contributed by atoms with Crippen LogP contribution in [-0.2, 0) is 4.79 Å². The van der Waals surface area contributed by atoms with Crippen molar-refractivity contribution in [2.45, 2.75) is 64.3 Å². The van der Waals surface area contributed by atoms with Crippen molar-refractivity contribution in [1.29, 1.82) is 0 Å². The molecular weight excluding hydrogens is 244 g/mol. The average molecular weight is 270 g/mol. The van der Waals surface area contributed by atoms with Crippen molar-refractivity contribution < 1.29 is 14.7 Å². The standard InChI is InChI=1S/C14H26N2O3/c1-11(2)7-5-3-4-6-10-15-13(19)16-14(8-9-14)12(17)18/h11H,3-10H2,1-2H3,(H,17,18)(H2,15,16,19). The third-order valence-electron chi connectivity index (χ3n) is 3.51. The van der Waals surface area contributed by atoms with Gasteiger partial charge in [0.1, 0.15) is 5.54 Å². The number of hydrogen-bond donors (Lipinski definition) is 3. The van der Waals surface area contributed by atoms with E-state index in [0.717, 1.165) is 18.8 Å². The number of carboxylic acid groups (broad SMARTS) is 1. The number of carbonyl (C=O) groups is 2. The van der Waals surface area contributed by atoms with Crippen molar-refractivity contribution in [2.24, 2.45) is 5.92 Å². The van der Waals surface area contributed by atoms with E-state index in [9.17, 15) is 9.59 Å². The van der Waals surface area contributed by atoms with Gasteiger partial charge in [-0.15, -0.1) is 0 Å². The lowest BCUT2D eigenvalue weighted by molar-refractivity contribution is -0.140. The topological polar surface area (TPSA) is 78.4 Å². The van der Waals surface area contributed by atoms with Gasteiger partial charge in [-0.3, -0.25) is 0 Å². The number of nitrogens with one attached hydrogen (secondary N) is 2. The van der Waals surface area contributed by atoms with E-state index in [4.69, 9.17) is 5.11 Å². The fourth-order valence-electron chi connectivity index (χ4n) is 2.01. The van der Waals surface area contributed by atoms with Crippen molar-refractivity contribution in [2.75, 3.05) is 6.54 Å². The normalized spacial score (nSPS) is 16.2. The summed E-state index contributed by atoms with van der Waals surface area (Å²) >= 11 is 0. The summed E-state index contributed by atoms with van der Waals surface area (Å²) in [5.74, 6) is -0.175. The number of urea groups is 1. The van der Waals surface area contributed by atoms with Crippen molar-refractivity contribution >= 4 is 12.0 Å². The zero-order valence-corrected chi connectivity index (χ0v) is 12.0. The molecule has 0 unspecified atom stereocenters. The molecule has 1 rings (SSSR count). The third-order valence-corrected chi connectivity index (χ3v) is 3.51. The molecule has 110 valence electrons. The maximum Gasteiger partial charge on any atom is 0.329 e. The van der Waals surface area contributed by atoms with Crippen LogP contribution in [0.5, 0.6) is 0 Å². The minimum Gasteiger partial charge on any atom is -0.480 e. The second-order valence-corrected chi connectivity index (χ2v) is 5.86. The van der Waals surface area contributed by atoms with Crippen LogP contribution < -0.4 is 10.6 Å². The second-order valence-electron chi connectivity index (χ2n) is 5.86. The summed E-state index contributed by atoms with van der Waals surface area (Å²) in [5.41, 5.74) is -0.985. The highest BCUT2D eigenvalue weighted by atomic mass is 16.4. The first-order valence-electron chi connectivity index (χ1n) is 7.26. The van der Waals surface area contributed by atoms with Gasteiger partial charge in [0.15, 0.2) is 0 Å². The maximum atomic E-state index is 11.5. The lowest BCUT2D eigenvalue weighted by Gasteiger charge is -2.13. The van der Waals surface area contributed by atoms with Crippen LogP contribution in [0.2, 0.25) is 0 Å². The zero-order valence-electron chi connectivity index (χ0n) is 12.0. The quantitative estimate of drug-likeness (QED) is 0.563. The molecule has 0 radical (unpaired) electrons. The van der Waals surface area contributed by atoms with Crippen LogP contribution in [0, 0.1) is 5.92 Å². The van der Waals surface area contributed by atoms with Gasteiger partial charge in [-0.2, -0.15) is 0 Å². The molecule has 0 bridgehead atoms. The van der Waals surface area contributed by atoms with E-state index in [-0.39, 0.29) is 6.03 Å². The molecule has 0 spiro atoms. The van der Waals surface area contributed by atoms with Crippen LogP contribution in [0.3, 0.4) is 0 Å². The van der Waals surface area contributed by atoms with Crippen LogP contribution in [0.4, 0.5) is 4.79 Å². The molecule has 3 N–H and O–H groups in total. The van der Waals surface area contributed by atoms with Crippen molar-refractivity contribution in [1.82, 2.24) is 10.6 Å². The van der Waals surface area contributed by atoms with Crippen LogP contribution in [0.15, 0.2) is 0 Å². The summed E-state index contributed by atoms with van der Waals surface area (Å²) in [6, 6.07) is -0.359. The van der Waals surface area contributed by atoms with E-state index in [1.807, 2.05) is 0 Å². The van der Waals surface area contributed by atoms with E-state index in [2.05, 4.69) is 24.5 Å². The Bertz CT molecular complexity index is 312. The zero-order chi connectivity index (χ0) is 14.3. The number of carboxylic acids is 1. The fourth-order valence-corrected chi connectivity index (χ4v) is 2.01. The Morgan fingerprint density at radius 1 is 1.16 bits per heavy atom. The highest BCUT2D eigenvalue weighted by Gasteiger charge is 2.51. The Morgan fingerprint density at radius 2 is 1.79 bits per heavy atom. The molecule has 1 aliphatic rings. The third kappa shape index (κ3) is 5.94. The number of aliphatic carboxylic acids is 1. The average Bonchev–Trinajstić information content (AvgIpc) is 3.08. The molecule has 0 saturated heterocycles. The summed E-state index contributed by atoms with van der Waals surface area (Å²) in [6.07, 6.45) is 6.82. The van der Waals surface area contributed by atoms with Gasteiger partial charge in [-0.1, -0.05) is 39.5 Å². The Kier molecular flexibility index (Phi) is 6.12. The van der Waals surface area contributed by atoms with Gasteiger partial charge < -0.3 is 15.7 Å². The van der Waals surface area contributed by atoms with Gasteiger partial charge in [0.2, 0.25) is 0 Å². The highest BCUT2D eigenvalue weighted by Crippen LogP contribution is 2.35. The minimum absolute atomic E-state index is 0.359. The number of carbonyl (C=O) groups excluding carboxylic acids is 1. The largest absolute Gasteiger partial charge is 0.480 e. The lowest BCUT2D eigenvalue weighted by Crippen LogP contribution is -2.48. The van der Waals surface area contributed by atoms with E-state index < -0.39 is 11.5 Å². The molecular formula is C14H26N2O3. The minimum atomic E-state index is -0.985.